The molecule has 0 radical (unpaired) electrons. The van der Waals surface area contributed by atoms with Crippen LogP contribution in [-0.2, 0) is 16.1 Å². The van der Waals surface area contributed by atoms with Crippen molar-refractivity contribution in [1.82, 2.24) is 14.9 Å². The number of primary amides is 1. The molecular weight excluding hydrogens is 404 g/mol. The Morgan fingerprint density at radius 3 is 2.60 bits per heavy atom. The molecule has 2 amide bonds. The zero-order valence-corrected chi connectivity index (χ0v) is 17.3. The number of benzene rings is 2. The number of carbonyl (C=O) groups excluding carboxylic acids is 2. The van der Waals surface area contributed by atoms with Gasteiger partial charge in [-0.05, 0) is 29.8 Å². The molecule has 3 rings (SSSR count). The zero-order valence-electron chi connectivity index (χ0n) is 16.5. The Labute approximate surface area is 177 Å². The maximum atomic E-state index is 13.0. The first-order valence-electron chi connectivity index (χ1n) is 9.26. The molecule has 1 heterocycles. The van der Waals surface area contributed by atoms with Crippen LogP contribution in [0, 0.1) is 0 Å². The fraction of sp³-hybridized carbons (Fsp3) is 0.238. The van der Waals surface area contributed by atoms with Crippen molar-refractivity contribution in [3.63, 3.8) is 0 Å². The average Bonchev–Trinajstić information content (AvgIpc) is 2.75. The molecular formula is C21H22N4O4S. The normalized spacial score (nSPS) is 10.8. The molecule has 0 unspecified atom stereocenters. The molecule has 30 heavy (non-hydrogen) atoms. The van der Waals surface area contributed by atoms with Gasteiger partial charge < -0.3 is 15.8 Å². The number of ether oxygens (including phenoxy) is 1. The predicted octanol–water partition coefficient (Wildman–Crippen LogP) is 1.40. The summed E-state index contributed by atoms with van der Waals surface area (Å²) in [6.45, 7) is 1.12. The van der Waals surface area contributed by atoms with E-state index in [1.165, 1.54) is 4.57 Å². The molecule has 1 aromatic heterocycles. The number of carbonyl (C=O) groups is 2. The van der Waals surface area contributed by atoms with Crippen molar-refractivity contribution in [1.29, 1.82) is 0 Å². The molecule has 0 aliphatic rings. The first-order valence-corrected chi connectivity index (χ1v) is 10.2. The second-order valence-electron chi connectivity index (χ2n) is 6.50. The van der Waals surface area contributed by atoms with E-state index < -0.39 is 5.91 Å². The molecule has 0 bridgehead atoms. The summed E-state index contributed by atoms with van der Waals surface area (Å²) in [6, 6.07) is 14.0. The maximum absolute atomic E-state index is 13.0. The van der Waals surface area contributed by atoms with Gasteiger partial charge in [0.1, 0.15) is 0 Å². The number of para-hydroxylation sites is 1. The van der Waals surface area contributed by atoms with Gasteiger partial charge in [0.15, 0.2) is 5.16 Å². The van der Waals surface area contributed by atoms with Gasteiger partial charge in [0.05, 0.1) is 29.8 Å². The molecule has 0 aliphatic carbocycles. The first kappa shape index (κ1) is 21.5. The molecule has 0 saturated heterocycles. The summed E-state index contributed by atoms with van der Waals surface area (Å²) < 4.78 is 6.43. The summed E-state index contributed by atoms with van der Waals surface area (Å²) in [6.07, 6.45) is 0. The maximum Gasteiger partial charge on any atom is 0.262 e. The van der Waals surface area contributed by atoms with Gasteiger partial charge in [-0.25, -0.2) is 4.98 Å². The average molecular weight is 426 g/mol. The van der Waals surface area contributed by atoms with Crippen molar-refractivity contribution >= 4 is 34.5 Å². The van der Waals surface area contributed by atoms with Gasteiger partial charge in [0.25, 0.3) is 11.5 Å². The van der Waals surface area contributed by atoms with Crippen molar-refractivity contribution in [2.45, 2.75) is 11.7 Å². The molecule has 3 aromatic rings. The highest BCUT2D eigenvalue weighted by Crippen LogP contribution is 2.19. The number of hydrogen-bond acceptors (Lipinski definition) is 6. The standard InChI is InChI=1S/C21H22N4O4S/c1-29-11-10-23-19(27)15-8-6-14(7-9-15)12-25-20(28)16-4-2-3-5-17(16)24-21(25)30-13-18(22)26/h2-9H,10-13H2,1H3,(H2,22,26)(H,23,27). The summed E-state index contributed by atoms with van der Waals surface area (Å²) in [4.78, 5) is 40.9. The Bertz CT molecular complexity index is 1110. The van der Waals surface area contributed by atoms with Crippen molar-refractivity contribution in [2.75, 3.05) is 26.0 Å². The van der Waals surface area contributed by atoms with E-state index >= 15 is 0 Å². The predicted molar refractivity (Wildman–Crippen MR) is 116 cm³/mol. The Balaban J connectivity index is 1.87. The third kappa shape index (κ3) is 5.25. The molecule has 156 valence electrons. The highest BCUT2D eigenvalue weighted by molar-refractivity contribution is 7.99. The summed E-state index contributed by atoms with van der Waals surface area (Å²) >= 11 is 1.12. The van der Waals surface area contributed by atoms with Gasteiger partial charge in [0, 0.05) is 19.2 Å². The van der Waals surface area contributed by atoms with Crippen LogP contribution in [0.25, 0.3) is 10.9 Å². The van der Waals surface area contributed by atoms with Crippen LogP contribution in [0.15, 0.2) is 58.5 Å². The van der Waals surface area contributed by atoms with E-state index in [2.05, 4.69) is 10.3 Å². The quantitative estimate of drug-likeness (QED) is 0.304. The number of rotatable bonds is 9. The van der Waals surface area contributed by atoms with Gasteiger partial charge in [-0.15, -0.1) is 0 Å². The van der Waals surface area contributed by atoms with E-state index in [4.69, 9.17) is 10.5 Å². The lowest BCUT2D eigenvalue weighted by molar-refractivity contribution is -0.115. The minimum Gasteiger partial charge on any atom is -0.383 e. The lowest BCUT2D eigenvalue weighted by atomic mass is 10.1. The van der Waals surface area contributed by atoms with Crippen molar-refractivity contribution in [3.8, 4) is 0 Å². The molecule has 0 spiro atoms. The summed E-state index contributed by atoms with van der Waals surface area (Å²) in [7, 11) is 1.57. The van der Waals surface area contributed by atoms with Crippen molar-refractivity contribution in [3.05, 3.63) is 70.0 Å². The second kappa shape index (κ2) is 10.0. The monoisotopic (exact) mass is 426 g/mol. The van der Waals surface area contributed by atoms with Gasteiger partial charge in [-0.3, -0.25) is 19.0 Å². The Kier molecular flexibility index (Phi) is 7.21. The van der Waals surface area contributed by atoms with E-state index in [1.807, 2.05) is 0 Å². The molecule has 0 atom stereocenters. The topological polar surface area (TPSA) is 116 Å². The fourth-order valence-corrected chi connectivity index (χ4v) is 3.58. The third-order valence-corrected chi connectivity index (χ3v) is 5.32. The number of amides is 2. The van der Waals surface area contributed by atoms with Crippen LogP contribution in [0.5, 0.6) is 0 Å². The van der Waals surface area contributed by atoms with Crippen LogP contribution in [0.3, 0.4) is 0 Å². The van der Waals surface area contributed by atoms with E-state index in [0.29, 0.717) is 34.8 Å². The highest BCUT2D eigenvalue weighted by Gasteiger charge is 2.13. The number of fused-ring (bicyclic) bond motifs is 1. The van der Waals surface area contributed by atoms with E-state index in [-0.39, 0.29) is 23.8 Å². The number of nitrogens with zero attached hydrogens (tertiary/aromatic N) is 2. The molecule has 2 aromatic carbocycles. The van der Waals surface area contributed by atoms with Crippen molar-refractivity contribution in [2.24, 2.45) is 5.73 Å². The minimum absolute atomic E-state index is 0.0192. The zero-order chi connectivity index (χ0) is 21.5. The summed E-state index contributed by atoms with van der Waals surface area (Å²) in [5.41, 5.74) is 6.96. The molecule has 0 fully saturated rings. The van der Waals surface area contributed by atoms with Crippen molar-refractivity contribution < 1.29 is 14.3 Å². The fourth-order valence-electron chi connectivity index (χ4n) is 2.85. The Morgan fingerprint density at radius 2 is 1.90 bits per heavy atom. The summed E-state index contributed by atoms with van der Waals surface area (Å²) in [5, 5.41) is 3.67. The van der Waals surface area contributed by atoms with Crippen LogP contribution in [0.1, 0.15) is 15.9 Å². The van der Waals surface area contributed by atoms with Crippen LogP contribution in [0.4, 0.5) is 0 Å². The lowest BCUT2D eigenvalue weighted by Gasteiger charge is -2.13. The first-order chi connectivity index (χ1) is 14.5. The van der Waals surface area contributed by atoms with Gasteiger partial charge in [-0.2, -0.15) is 0 Å². The molecule has 9 heteroatoms. The van der Waals surface area contributed by atoms with Crippen LogP contribution >= 0.6 is 11.8 Å². The molecule has 3 N–H and O–H groups in total. The van der Waals surface area contributed by atoms with Crippen LogP contribution in [-0.4, -0.2) is 47.4 Å². The lowest BCUT2D eigenvalue weighted by Crippen LogP contribution is -2.27. The molecule has 8 nitrogen and oxygen atoms in total. The number of hydrogen-bond donors (Lipinski definition) is 2. The van der Waals surface area contributed by atoms with Crippen LogP contribution in [0.2, 0.25) is 0 Å². The van der Waals surface area contributed by atoms with Gasteiger partial charge in [-0.1, -0.05) is 36.0 Å². The SMILES string of the molecule is COCCNC(=O)c1ccc(Cn2c(SCC(N)=O)nc3ccccc3c2=O)cc1. The highest BCUT2D eigenvalue weighted by atomic mass is 32.2. The smallest absolute Gasteiger partial charge is 0.262 e. The number of thioether (sulfide) groups is 1. The number of nitrogens with two attached hydrogens (primary N) is 1. The number of nitrogens with one attached hydrogen (secondary N) is 1. The number of aromatic nitrogens is 2. The number of methoxy groups -OCH3 is 1. The third-order valence-electron chi connectivity index (χ3n) is 4.32. The Hall–Kier alpha value is -3.17. The molecule has 0 aliphatic heterocycles. The molecule has 0 saturated carbocycles. The van der Waals surface area contributed by atoms with Gasteiger partial charge >= 0.3 is 0 Å². The van der Waals surface area contributed by atoms with E-state index in [0.717, 1.165) is 17.3 Å². The Morgan fingerprint density at radius 1 is 1.17 bits per heavy atom. The van der Waals surface area contributed by atoms with E-state index in [9.17, 15) is 14.4 Å². The van der Waals surface area contributed by atoms with E-state index in [1.54, 1.807) is 55.6 Å². The largest absolute Gasteiger partial charge is 0.383 e. The van der Waals surface area contributed by atoms with Crippen LogP contribution < -0.4 is 16.6 Å². The minimum atomic E-state index is -0.488. The van der Waals surface area contributed by atoms with Gasteiger partial charge in [0.2, 0.25) is 5.91 Å². The summed E-state index contributed by atoms with van der Waals surface area (Å²) in [5.74, 6) is -0.663. The second-order valence-corrected chi connectivity index (χ2v) is 7.45.